The number of methoxy groups -OCH3 is 3. The lowest BCUT2D eigenvalue weighted by Crippen LogP contribution is -2.39. The Labute approximate surface area is 300 Å². The van der Waals surface area contributed by atoms with Gasteiger partial charge in [0.25, 0.3) is 5.56 Å². The lowest BCUT2D eigenvalue weighted by Gasteiger charge is -2.37. The van der Waals surface area contributed by atoms with E-state index in [-0.39, 0.29) is 19.6 Å². The highest BCUT2D eigenvalue weighted by molar-refractivity contribution is 5.71. The van der Waals surface area contributed by atoms with Gasteiger partial charge in [0.2, 0.25) is 0 Å². The molecule has 0 saturated carbocycles. The smallest absolute Gasteiger partial charge is 0.344 e. The van der Waals surface area contributed by atoms with E-state index >= 15 is 0 Å². The van der Waals surface area contributed by atoms with E-state index in [9.17, 15) is 14.4 Å². The minimum Gasteiger partial charge on any atom is -0.497 e. The molecule has 0 radical (unpaired) electrons. The van der Waals surface area contributed by atoms with Crippen LogP contribution < -0.4 is 30.2 Å². The Balaban J connectivity index is 1.34. The number of aromatic amines is 1. The maximum Gasteiger partial charge on any atom is 0.344 e. The van der Waals surface area contributed by atoms with E-state index in [2.05, 4.69) is 4.98 Å². The number of benzene rings is 4. The lowest BCUT2D eigenvalue weighted by atomic mass is 9.80. The first-order valence-corrected chi connectivity index (χ1v) is 16.7. The van der Waals surface area contributed by atoms with Crippen molar-refractivity contribution in [1.82, 2.24) is 9.55 Å². The average Bonchev–Trinajstić information content (AvgIpc) is 3.58. The minimum absolute atomic E-state index is 0.0716. The number of rotatable bonds is 14. The van der Waals surface area contributed by atoms with Crippen molar-refractivity contribution in [1.29, 1.82) is 0 Å². The number of nitrogens with one attached hydrogen (secondary N) is 1. The summed E-state index contributed by atoms with van der Waals surface area (Å²) >= 11 is 0. The van der Waals surface area contributed by atoms with Crippen LogP contribution in [0.15, 0.2) is 119 Å². The summed E-state index contributed by atoms with van der Waals surface area (Å²) in [5.74, 6) is 1.82. The number of nitrogens with zero attached hydrogens (tertiary/aromatic N) is 1. The second-order valence-electron chi connectivity index (χ2n) is 12.2. The molecule has 1 saturated heterocycles. The molecule has 4 aromatic carbocycles. The number of ether oxygens (including phenoxy) is 7. The third-order valence-corrected chi connectivity index (χ3v) is 8.97. The zero-order valence-corrected chi connectivity index (χ0v) is 29.3. The fourth-order valence-electron chi connectivity index (χ4n) is 6.24. The third-order valence-electron chi connectivity index (χ3n) is 8.97. The molecule has 12 heteroatoms. The fourth-order valence-corrected chi connectivity index (χ4v) is 6.24. The standard InChI is InChI=1S/C40H40N2O10/c1-26-23-42(39(45)41-38(26)44)36-22-34(52-37(43)25-49-33-20-18-32(48-4)19-21-33)35(51-36)24-50-40(27-8-6-5-7-9-27,28-10-14-30(46-2)15-11-28)29-12-16-31(47-3)17-13-29/h5-21,23,34-36H,22,24-25H2,1-4H3,(H,41,44,45)/t34-,35+,36+/m0/s1. The molecule has 0 bridgehead atoms. The Kier molecular flexibility index (Phi) is 11.1. The molecule has 0 aliphatic carbocycles. The van der Waals surface area contributed by atoms with Crippen LogP contribution in [-0.2, 0) is 24.6 Å². The van der Waals surface area contributed by atoms with Gasteiger partial charge < -0.3 is 33.2 Å². The lowest BCUT2D eigenvalue weighted by molar-refractivity contribution is -0.158. The molecule has 270 valence electrons. The SMILES string of the molecule is COc1ccc(OCC(=O)O[C@H]2C[C@H](n3cc(C)c(=O)[nH]c3=O)O[C@@H]2COC(c2ccccc2)(c2ccc(OC)cc2)c2ccc(OC)cc2)cc1. The maximum atomic E-state index is 13.2. The molecule has 1 aromatic heterocycles. The molecule has 52 heavy (non-hydrogen) atoms. The molecule has 5 aromatic rings. The summed E-state index contributed by atoms with van der Waals surface area (Å²) in [7, 11) is 4.77. The largest absolute Gasteiger partial charge is 0.497 e. The summed E-state index contributed by atoms with van der Waals surface area (Å²) < 4.78 is 42.5. The van der Waals surface area contributed by atoms with Gasteiger partial charge in [-0.2, -0.15) is 0 Å². The first kappa shape index (κ1) is 36.0. The maximum absolute atomic E-state index is 13.2. The predicted molar refractivity (Wildman–Crippen MR) is 191 cm³/mol. The highest BCUT2D eigenvalue weighted by Gasteiger charge is 2.44. The van der Waals surface area contributed by atoms with Gasteiger partial charge in [-0.3, -0.25) is 14.3 Å². The second kappa shape index (κ2) is 16.0. The zero-order chi connectivity index (χ0) is 36.7. The van der Waals surface area contributed by atoms with E-state index in [0.717, 1.165) is 16.7 Å². The summed E-state index contributed by atoms with van der Waals surface area (Å²) in [6.07, 6.45) is -1.02. The van der Waals surface area contributed by atoms with Gasteiger partial charge in [-0.15, -0.1) is 0 Å². The summed E-state index contributed by atoms with van der Waals surface area (Å²) in [6.45, 7) is 1.15. The Morgan fingerprint density at radius 3 is 1.85 bits per heavy atom. The number of H-pyrrole nitrogens is 1. The molecular weight excluding hydrogens is 668 g/mol. The van der Waals surface area contributed by atoms with Crippen LogP contribution in [0.1, 0.15) is 34.9 Å². The molecule has 1 fully saturated rings. The number of carbonyl (C=O) groups excluding carboxylic acids is 1. The van der Waals surface area contributed by atoms with Crippen LogP contribution >= 0.6 is 0 Å². The fraction of sp³-hybridized carbons (Fsp3) is 0.275. The topological polar surface area (TPSA) is 137 Å². The van der Waals surface area contributed by atoms with Crippen LogP contribution in [-0.4, -0.2) is 62.3 Å². The number of hydrogen-bond acceptors (Lipinski definition) is 10. The summed E-state index contributed by atoms with van der Waals surface area (Å²) in [5.41, 5.74) is 0.426. The molecule has 1 N–H and O–H groups in total. The summed E-state index contributed by atoms with van der Waals surface area (Å²) in [6, 6.07) is 31.7. The van der Waals surface area contributed by atoms with E-state index in [1.807, 2.05) is 78.9 Å². The van der Waals surface area contributed by atoms with Gasteiger partial charge in [0, 0.05) is 18.2 Å². The Morgan fingerprint density at radius 1 is 0.769 bits per heavy atom. The molecule has 1 aliphatic heterocycles. The number of aromatic nitrogens is 2. The van der Waals surface area contributed by atoms with E-state index in [0.29, 0.717) is 28.6 Å². The van der Waals surface area contributed by atoms with Crippen molar-refractivity contribution < 1.29 is 38.0 Å². The number of esters is 1. The van der Waals surface area contributed by atoms with Crippen LogP contribution in [0.5, 0.6) is 23.0 Å². The Bertz CT molecular complexity index is 2010. The van der Waals surface area contributed by atoms with Crippen molar-refractivity contribution in [3.8, 4) is 23.0 Å². The van der Waals surface area contributed by atoms with Crippen LogP contribution in [0.3, 0.4) is 0 Å². The third kappa shape index (κ3) is 7.73. The molecule has 2 heterocycles. The number of hydrogen-bond donors (Lipinski definition) is 1. The quantitative estimate of drug-likeness (QED) is 0.122. The molecular formula is C40H40N2O10. The van der Waals surface area contributed by atoms with Gasteiger partial charge in [0.15, 0.2) is 6.61 Å². The minimum atomic E-state index is -1.18. The molecule has 1 aliphatic rings. The van der Waals surface area contributed by atoms with Crippen molar-refractivity contribution in [3.63, 3.8) is 0 Å². The Hall–Kier alpha value is -5.85. The van der Waals surface area contributed by atoms with Crippen LogP contribution in [0.4, 0.5) is 0 Å². The van der Waals surface area contributed by atoms with E-state index in [1.54, 1.807) is 52.5 Å². The van der Waals surface area contributed by atoms with Gasteiger partial charge >= 0.3 is 11.7 Å². The van der Waals surface area contributed by atoms with Gasteiger partial charge in [0.1, 0.15) is 47.0 Å². The first-order valence-electron chi connectivity index (χ1n) is 16.7. The van der Waals surface area contributed by atoms with Gasteiger partial charge in [-0.1, -0.05) is 54.6 Å². The monoisotopic (exact) mass is 708 g/mol. The van der Waals surface area contributed by atoms with E-state index in [1.165, 1.54) is 10.8 Å². The van der Waals surface area contributed by atoms with Crippen LogP contribution in [0, 0.1) is 6.92 Å². The van der Waals surface area contributed by atoms with Crippen molar-refractivity contribution in [3.05, 3.63) is 152 Å². The van der Waals surface area contributed by atoms with Crippen molar-refractivity contribution in [2.45, 2.75) is 37.4 Å². The van der Waals surface area contributed by atoms with Crippen LogP contribution in [0.2, 0.25) is 0 Å². The summed E-state index contributed by atoms with van der Waals surface area (Å²) in [4.78, 5) is 40.7. The van der Waals surface area contributed by atoms with Crippen molar-refractivity contribution in [2.24, 2.45) is 0 Å². The zero-order valence-electron chi connectivity index (χ0n) is 29.3. The Morgan fingerprint density at radius 2 is 1.29 bits per heavy atom. The van der Waals surface area contributed by atoms with Crippen LogP contribution in [0.25, 0.3) is 0 Å². The highest BCUT2D eigenvalue weighted by atomic mass is 16.6. The van der Waals surface area contributed by atoms with E-state index < -0.39 is 41.3 Å². The summed E-state index contributed by atoms with van der Waals surface area (Å²) in [5, 5.41) is 0. The first-order chi connectivity index (χ1) is 25.2. The predicted octanol–water partition coefficient (Wildman–Crippen LogP) is 5.16. The second-order valence-corrected chi connectivity index (χ2v) is 12.2. The van der Waals surface area contributed by atoms with Gasteiger partial charge in [-0.25, -0.2) is 9.59 Å². The van der Waals surface area contributed by atoms with Gasteiger partial charge in [-0.05, 0) is 72.1 Å². The number of aryl methyl sites for hydroxylation is 1. The molecule has 0 amide bonds. The number of carbonyl (C=O) groups is 1. The molecule has 0 spiro atoms. The highest BCUT2D eigenvalue weighted by Crippen LogP contribution is 2.43. The molecule has 0 unspecified atom stereocenters. The van der Waals surface area contributed by atoms with Crippen molar-refractivity contribution >= 4 is 5.97 Å². The molecule has 6 rings (SSSR count). The molecule has 3 atom stereocenters. The van der Waals surface area contributed by atoms with Gasteiger partial charge in [0.05, 0.1) is 27.9 Å². The van der Waals surface area contributed by atoms with Crippen molar-refractivity contribution in [2.75, 3.05) is 34.5 Å². The molecule has 12 nitrogen and oxygen atoms in total. The van der Waals surface area contributed by atoms with E-state index in [4.69, 9.17) is 33.2 Å². The average molecular weight is 709 g/mol. The normalized spacial score (nSPS) is 17.0.